The third-order valence-electron chi connectivity index (χ3n) is 5.03. The normalized spacial score (nSPS) is 22.0. The lowest BCUT2D eigenvalue weighted by Gasteiger charge is -2.38. The van der Waals surface area contributed by atoms with Crippen molar-refractivity contribution in [3.05, 3.63) is 35.4 Å². The van der Waals surface area contributed by atoms with Gasteiger partial charge in [0.2, 0.25) is 0 Å². The molecule has 21 heavy (non-hydrogen) atoms. The summed E-state index contributed by atoms with van der Waals surface area (Å²) >= 11 is 0. The molecular weight excluding hydrogens is 258 g/mol. The fourth-order valence-electron chi connectivity index (χ4n) is 3.86. The lowest BCUT2D eigenvalue weighted by atomic mass is 10.1. The van der Waals surface area contributed by atoms with E-state index in [-0.39, 0.29) is 0 Å². The molecule has 0 amide bonds. The van der Waals surface area contributed by atoms with Gasteiger partial charge in [-0.3, -0.25) is 9.80 Å². The SMILES string of the molecule is CNCc1cccc(CN2CCN(C3CCCC3)CC2)c1. The quantitative estimate of drug-likeness (QED) is 0.897. The van der Waals surface area contributed by atoms with Crippen LogP contribution in [0.3, 0.4) is 0 Å². The van der Waals surface area contributed by atoms with Crippen LogP contribution in [0.5, 0.6) is 0 Å². The van der Waals surface area contributed by atoms with Crippen molar-refractivity contribution in [2.24, 2.45) is 0 Å². The van der Waals surface area contributed by atoms with Crippen LogP contribution in [0.25, 0.3) is 0 Å². The third-order valence-corrected chi connectivity index (χ3v) is 5.03. The van der Waals surface area contributed by atoms with Crippen LogP contribution in [0.4, 0.5) is 0 Å². The average Bonchev–Trinajstić information content (AvgIpc) is 3.03. The molecule has 1 heterocycles. The van der Waals surface area contributed by atoms with Crippen LogP contribution in [0.2, 0.25) is 0 Å². The summed E-state index contributed by atoms with van der Waals surface area (Å²) in [6.45, 7) is 7.06. The molecule has 1 saturated heterocycles. The fraction of sp³-hybridized carbons (Fsp3) is 0.667. The second-order valence-corrected chi connectivity index (χ2v) is 6.60. The molecule has 116 valence electrons. The number of hydrogen-bond donors (Lipinski definition) is 1. The van der Waals surface area contributed by atoms with Crippen LogP contribution >= 0.6 is 0 Å². The van der Waals surface area contributed by atoms with Crippen LogP contribution in [0.1, 0.15) is 36.8 Å². The van der Waals surface area contributed by atoms with E-state index in [2.05, 4.69) is 39.4 Å². The van der Waals surface area contributed by atoms with Gasteiger partial charge < -0.3 is 5.32 Å². The maximum atomic E-state index is 3.23. The molecule has 0 atom stereocenters. The van der Waals surface area contributed by atoms with Gasteiger partial charge in [-0.05, 0) is 31.0 Å². The van der Waals surface area contributed by atoms with Gasteiger partial charge in [0.05, 0.1) is 0 Å². The van der Waals surface area contributed by atoms with E-state index in [0.29, 0.717) is 0 Å². The summed E-state index contributed by atoms with van der Waals surface area (Å²) in [5.74, 6) is 0. The second-order valence-electron chi connectivity index (χ2n) is 6.60. The first kappa shape index (κ1) is 15.0. The zero-order chi connectivity index (χ0) is 14.5. The summed E-state index contributed by atoms with van der Waals surface area (Å²) in [6, 6.07) is 9.91. The van der Waals surface area contributed by atoms with Crippen molar-refractivity contribution in [1.29, 1.82) is 0 Å². The van der Waals surface area contributed by atoms with Crippen LogP contribution in [-0.2, 0) is 13.1 Å². The van der Waals surface area contributed by atoms with Crippen molar-refractivity contribution in [3.63, 3.8) is 0 Å². The summed E-state index contributed by atoms with van der Waals surface area (Å²) in [6.07, 6.45) is 5.77. The van der Waals surface area contributed by atoms with Crippen LogP contribution in [-0.4, -0.2) is 49.1 Å². The maximum Gasteiger partial charge on any atom is 0.0234 e. The minimum Gasteiger partial charge on any atom is -0.316 e. The Morgan fingerprint density at radius 3 is 2.48 bits per heavy atom. The molecule has 0 spiro atoms. The highest BCUT2D eigenvalue weighted by molar-refractivity contribution is 5.23. The van der Waals surface area contributed by atoms with Gasteiger partial charge in [-0.25, -0.2) is 0 Å². The fourth-order valence-corrected chi connectivity index (χ4v) is 3.86. The molecule has 1 aliphatic carbocycles. The van der Waals surface area contributed by atoms with E-state index in [9.17, 15) is 0 Å². The summed E-state index contributed by atoms with van der Waals surface area (Å²) in [5.41, 5.74) is 2.84. The van der Waals surface area contributed by atoms with E-state index in [0.717, 1.165) is 19.1 Å². The maximum absolute atomic E-state index is 3.23. The molecule has 3 rings (SSSR count). The number of piperazine rings is 1. The van der Waals surface area contributed by atoms with Gasteiger partial charge >= 0.3 is 0 Å². The van der Waals surface area contributed by atoms with Crippen molar-refractivity contribution < 1.29 is 0 Å². The second kappa shape index (κ2) is 7.39. The van der Waals surface area contributed by atoms with E-state index < -0.39 is 0 Å². The Morgan fingerprint density at radius 1 is 1.05 bits per heavy atom. The number of rotatable bonds is 5. The molecule has 1 aliphatic heterocycles. The third kappa shape index (κ3) is 4.06. The van der Waals surface area contributed by atoms with E-state index in [1.165, 1.54) is 63.0 Å². The highest BCUT2D eigenvalue weighted by Crippen LogP contribution is 2.24. The van der Waals surface area contributed by atoms with Gasteiger partial charge in [0.15, 0.2) is 0 Å². The minimum absolute atomic E-state index is 0.895. The standard InChI is InChI=1S/C18H29N3/c1-19-14-16-5-4-6-17(13-16)15-20-9-11-21(12-10-20)18-7-2-3-8-18/h4-6,13,18-19H,2-3,7-12,14-15H2,1H3. The van der Waals surface area contributed by atoms with Crippen molar-refractivity contribution in [3.8, 4) is 0 Å². The smallest absolute Gasteiger partial charge is 0.0234 e. The molecule has 2 fully saturated rings. The highest BCUT2D eigenvalue weighted by Gasteiger charge is 2.25. The van der Waals surface area contributed by atoms with Crippen LogP contribution < -0.4 is 5.32 Å². The molecule has 0 aromatic heterocycles. The van der Waals surface area contributed by atoms with Gasteiger partial charge in [-0.2, -0.15) is 0 Å². The van der Waals surface area contributed by atoms with E-state index in [4.69, 9.17) is 0 Å². The highest BCUT2D eigenvalue weighted by atomic mass is 15.3. The Bertz CT molecular complexity index is 432. The van der Waals surface area contributed by atoms with Gasteiger partial charge in [-0.1, -0.05) is 37.1 Å². The Kier molecular flexibility index (Phi) is 5.28. The predicted molar refractivity (Wildman–Crippen MR) is 88.3 cm³/mol. The van der Waals surface area contributed by atoms with Crippen LogP contribution in [0, 0.1) is 0 Å². The number of hydrogen-bond acceptors (Lipinski definition) is 3. The number of benzene rings is 1. The van der Waals surface area contributed by atoms with Crippen molar-refractivity contribution in [2.45, 2.75) is 44.8 Å². The molecule has 0 bridgehead atoms. The molecular formula is C18H29N3. The summed E-state index contributed by atoms with van der Waals surface area (Å²) in [7, 11) is 2.01. The molecule has 1 N–H and O–H groups in total. The zero-order valence-corrected chi connectivity index (χ0v) is 13.4. The number of nitrogens with one attached hydrogen (secondary N) is 1. The molecule has 1 aromatic carbocycles. The van der Waals surface area contributed by atoms with Gasteiger partial charge in [-0.15, -0.1) is 0 Å². The molecule has 1 saturated carbocycles. The van der Waals surface area contributed by atoms with Crippen molar-refractivity contribution >= 4 is 0 Å². The predicted octanol–water partition coefficient (Wildman–Crippen LogP) is 2.47. The average molecular weight is 287 g/mol. The summed E-state index contributed by atoms with van der Waals surface area (Å²) < 4.78 is 0. The molecule has 1 aromatic rings. The van der Waals surface area contributed by atoms with Gasteiger partial charge in [0.1, 0.15) is 0 Å². The van der Waals surface area contributed by atoms with Gasteiger partial charge in [0, 0.05) is 45.3 Å². The molecule has 2 aliphatic rings. The topological polar surface area (TPSA) is 18.5 Å². The molecule has 3 heteroatoms. The first-order valence-corrected chi connectivity index (χ1v) is 8.54. The lowest BCUT2D eigenvalue weighted by Crippen LogP contribution is -2.49. The number of nitrogens with zero attached hydrogens (tertiary/aromatic N) is 2. The van der Waals surface area contributed by atoms with Crippen LogP contribution in [0.15, 0.2) is 24.3 Å². The first-order chi connectivity index (χ1) is 10.3. The Balaban J connectivity index is 1.49. The molecule has 0 unspecified atom stereocenters. The largest absolute Gasteiger partial charge is 0.316 e. The Hall–Kier alpha value is -0.900. The summed E-state index contributed by atoms with van der Waals surface area (Å²) in [5, 5.41) is 3.23. The summed E-state index contributed by atoms with van der Waals surface area (Å²) in [4.78, 5) is 5.35. The lowest BCUT2D eigenvalue weighted by molar-refractivity contribution is 0.0937. The van der Waals surface area contributed by atoms with E-state index in [1.54, 1.807) is 0 Å². The Morgan fingerprint density at radius 2 is 1.76 bits per heavy atom. The Labute approximate surface area is 129 Å². The molecule has 3 nitrogen and oxygen atoms in total. The first-order valence-electron chi connectivity index (χ1n) is 8.54. The van der Waals surface area contributed by atoms with E-state index >= 15 is 0 Å². The molecule has 0 radical (unpaired) electrons. The zero-order valence-electron chi connectivity index (χ0n) is 13.4. The van der Waals surface area contributed by atoms with Crippen molar-refractivity contribution in [1.82, 2.24) is 15.1 Å². The van der Waals surface area contributed by atoms with Gasteiger partial charge in [0.25, 0.3) is 0 Å². The monoisotopic (exact) mass is 287 g/mol. The minimum atomic E-state index is 0.895. The van der Waals surface area contributed by atoms with E-state index in [1.807, 2.05) is 7.05 Å². The van der Waals surface area contributed by atoms with Crippen molar-refractivity contribution in [2.75, 3.05) is 33.2 Å².